The van der Waals surface area contributed by atoms with Crippen LogP contribution in [-0.4, -0.2) is 16.7 Å². The predicted molar refractivity (Wildman–Crippen MR) is 115 cm³/mol. The van der Waals surface area contributed by atoms with E-state index in [1.54, 1.807) is 18.2 Å². The number of anilines is 1. The number of carbonyl (C=O) groups excluding carboxylic acids is 2. The fourth-order valence-electron chi connectivity index (χ4n) is 3.14. The minimum atomic E-state index is -0.495. The molecule has 0 radical (unpaired) electrons. The van der Waals surface area contributed by atoms with E-state index in [2.05, 4.69) is 22.6 Å². The van der Waals surface area contributed by atoms with Crippen molar-refractivity contribution in [3.63, 3.8) is 0 Å². The highest BCUT2D eigenvalue weighted by atomic mass is 127. The summed E-state index contributed by atoms with van der Waals surface area (Å²) in [4.78, 5) is 37.2. The second-order valence-corrected chi connectivity index (χ2v) is 7.68. The van der Waals surface area contributed by atoms with Gasteiger partial charge in [-0.2, -0.15) is 0 Å². The fourth-order valence-corrected chi connectivity index (χ4v) is 3.79. The van der Waals surface area contributed by atoms with Gasteiger partial charge in [0.05, 0.1) is 21.7 Å². The van der Waals surface area contributed by atoms with Gasteiger partial charge in [-0.25, -0.2) is 4.90 Å². The van der Waals surface area contributed by atoms with Crippen LogP contribution in [0.5, 0.6) is 11.5 Å². The van der Waals surface area contributed by atoms with E-state index in [0.29, 0.717) is 22.7 Å². The molecule has 0 aliphatic carbocycles. The summed E-state index contributed by atoms with van der Waals surface area (Å²) >= 11 is 2.17. The number of ether oxygens (including phenoxy) is 1. The van der Waals surface area contributed by atoms with E-state index in [1.165, 1.54) is 35.2 Å². The molecule has 1 heterocycles. The maximum Gasteiger partial charge on any atom is 0.269 e. The SMILES string of the molecule is Cc1cc(I)ccc1N1C(=O)c2ccc(Oc3ccc([N+](=O)[O-])cc3)cc2C1=O. The molecule has 29 heavy (non-hydrogen) atoms. The molecule has 144 valence electrons. The van der Waals surface area contributed by atoms with Crippen LogP contribution in [0.25, 0.3) is 0 Å². The maximum atomic E-state index is 12.9. The van der Waals surface area contributed by atoms with E-state index in [-0.39, 0.29) is 17.2 Å². The van der Waals surface area contributed by atoms with E-state index in [4.69, 9.17) is 4.74 Å². The number of nitro benzene ring substituents is 1. The Kier molecular flexibility index (Phi) is 4.79. The summed E-state index contributed by atoms with van der Waals surface area (Å²) in [6.45, 7) is 1.85. The number of benzene rings is 3. The van der Waals surface area contributed by atoms with Gasteiger partial charge in [-0.3, -0.25) is 19.7 Å². The van der Waals surface area contributed by atoms with Gasteiger partial charge in [-0.15, -0.1) is 0 Å². The zero-order chi connectivity index (χ0) is 20.7. The first-order chi connectivity index (χ1) is 13.8. The average Bonchev–Trinajstić information content (AvgIpc) is 2.93. The lowest BCUT2D eigenvalue weighted by molar-refractivity contribution is -0.384. The van der Waals surface area contributed by atoms with Crippen molar-refractivity contribution >= 4 is 45.8 Å². The standard InChI is InChI=1S/C21H13IN2O5/c1-12-10-13(22)2-9-19(12)23-20(25)17-8-7-16(11-18(17)21(23)26)29-15-5-3-14(4-6-15)24(27)28/h2-11H,1H3. The molecule has 3 aromatic carbocycles. The van der Waals surface area contributed by atoms with Crippen LogP contribution in [0.2, 0.25) is 0 Å². The molecule has 0 unspecified atom stereocenters. The Bertz CT molecular complexity index is 1170. The largest absolute Gasteiger partial charge is 0.457 e. The number of hydrogen-bond acceptors (Lipinski definition) is 5. The quantitative estimate of drug-likeness (QED) is 0.215. The summed E-state index contributed by atoms with van der Waals surface area (Å²) in [5.74, 6) is -0.0442. The van der Waals surface area contributed by atoms with Gasteiger partial charge in [0.2, 0.25) is 0 Å². The Hall–Kier alpha value is -3.27. The Labute approximate surface area is 179 Å². The van der Waals surface area contributed by atoms with Crippen molar-refractivity contribution in [1.82, 2.24) is 0 Å². The van der Waals surface area contributed by atoms with E-state index in [1.807, 2.05) is 19.1 Å². The number of nitro groups is 1. The molecule has 7 nitrogen and oxygen atoms in total. The number of halogens is 1. The van der Waals surface area contributed by atoms with Gasteiger partial charge >= 0.3 is 0 Å². The highest BCUT2D eigenvalue weighted by molar-refractivity contribution is 14.1. The van der Waals surface area contributed by atoms with Gasteiger partial charge in [0.25, 0.3) is 17.5 Å². The summed E-state index contributed by atoms with van der Waals surface area (Å²) in [6, 6.07) is 15.8. The topological polar surface area (TPSA) is 89.8 Å². The highest BCUT2D eigenvalue weighted by Gasteiger charge is 2.37. The zero-order valence-electron chi connectivity index (χ0n) is 15.1. The monoisotopic (exact) mass is 500 g/mol. The number of fused-ring (bicyclic) bond motifs is 1. The molecular weight excluding hydrogens is 487 g/mol. The van der Waals surface area contributed by atoms with Crippen molar-refractivity contribution in [3.05, 3.63) is 91.0 Å². The number of non-ortho nitro benzene ring substituents is 1. The minimum Gasteiger partial charge on any atom is -0.457 e. The second kappa shape index (κ2) is 7.28. The molecule has 1 aliphatic heterocycles. The third-order valence-corrected chi connectivity index (χ3v) is 5.21. The first-order valence-corrected chi connectivity index (χ1v) is 9.64. The number of nitrogens with zero attached hydrogens (tertiary/aromatic N) is 2. The number of imide groups is 1. The van der Waals surface area contributed by atoms with Crippen molar-refractivity contribution in [2.45, 2.75) is 6.92 Å². The normalized spacial score (nSPS) is 12.8. The first kappa shape index (κ1) is 19.1. The van der Waals surface area contributed by atoms with Gasteiger partial charge in [-0.05, 0) is 83.6 Å². The van der Waals surface area contributed by atoms with Crippen LogP contribution in [0.3, 0.4) is 0 Å². The molecule has 0 spiro atoms. The van der Waals surface area contributed by atoms with Crippen LogP contribution in [0.15, 0.2) is 60.7 Å². The lowest BCUT2D eigenvalue weighted by atomic mass is 10.1. The van der Waals surface area contributed by atoms with Gasteiger partial charge in [-0.1, -0.05) is 0 Å². The molecule has 1 aliphatic rings. The Morgan fingerprint density at radius 2 is 1.55 bits per heavy atom. The Morgan fingerprint density at radius 3 is 2.21 bits per heavy atom. The number of carbonyl (C=O) groups is 2. The smallest absolute Gasteiger partial charge is 0.269 e. The summed E-state index contributed by atoms with van der Waals surface area (Å²) in [7, 11) is 0. The molecule has 8 heteroatoms. The molecule has 2 amide bonds. The summed E-state index contributed by atoms with van der Waals surface area (Å²) < 4.78 is 6.71. The van der Waals surface area contributed by atoms with Gasteiger partial charge in [0.15, 0.2) is 0 Å². The third kappa shape index (κ3) is 3.46. The van der Waals surface area contributed by atoms with E-state index in [0.717, 1.165) is 9.13 Å². The minimum absolute atomic E-state index is 0.0457. The van der Waals surface area contributed by atoms with Crippen LogP contribution >= 0.6 is 22.6 Å². The van der Waals surface area contributed by atoms with E-state index < -0.39 is 10.8 Å². The maximum absolute atomic E-state index is 12.9. The third-order valence-electron chi connectivity index (χ3n) is 4.54. The Balaban J connectivity index is 1.64. The average molecular weight is 500 g/mol. The van der Waals surface area contributed by atoms with E-state index in [9.17, 15) is 19.7 Å². The molecule has 0 saturated carbocycles. The van der Waals surface area contributed by atoms with Gasteiger partial charge in [0, 0.05) is 15.7 Å². The highest BCUT2D eigenvalue weighted by Crippen LogP contribution is 2.34. The molecule has 3 aromatic rings. The van der Waals surface area contributed by atoms with Crippen LogP contribution < -0.4 is 9.64 Å². The number of amides is 2. The lowest BCUT2D eigenvalue weighted by Crippen LogP contribution is -2.30. The van der Waals surface area contributed by atoms with Crippen LogP contribution in [0.4, 0.5) is 11.4 Å². The second-order valence-electron chi connectivity index (χ2n) is 6.44. The lowest BCUT2D eigenvalue weighted by Gasteiger charge is -2.16. The van der Waals surface area contributed by atoms with Gasteiger partial charge < -0.3 is 4.74 Å². The summed E-state index contributed by atoms with van der Waals surface area (Å²) in [6.07, 6.45) is 0. The van der Waals surface area contributed by atoms with Crippen molar-refractivity contribution in [2.24, 2.45) is 0 Å². The molecule has 0 bridgehead atoms. The predicted octanol–water partition coefficient (Wildman–Crippen LogP) is 5.10. The van der Waals surface area contributed by atoms with E-state index >= 15 is 0 Å². The zero-order valence-corrected chi connectivity index (χ0v) is 17.2. The van der Waals surface area contributed by atoms with Crippen molar-refractivity contribution in [2.75, 3.05) is 4.90 Å². The van der Waals surface area contributed by atoms with Crippen LogP contribution in [0.1, 0.15) is 26.3 Å². The summed E-state index contributed by atoms with van der Waals surface area (Å²) in [5, 5.41) is 10.7. The number of aryl methyl sites for hydroxylation is 1. The number of rotatable bonds is 4. The fraction of sp³-hybridized carbons (Fsp3) is 0.0476. The first-order valence-electron chi connectivity index (χ1n) is 8.56. The molecule has 0 aromatic heterocycles. The molecule has 0 saturated heterocycles. The molecule has 4 rings (SSSR count). The molecule has 0 atom stereocenters. The summed E-state index contributed by atoms with van der Waals surface area (Å²) in [5.41, 5.74) is 1.90. The van der Waals surface area contributed by atoms with Crippen molar-refractivity contribution in [3.8, 4) is 11.5 Å². The van der Waals surface area contributed by atoms with Crippen LogP contribution in [-0.2, 0) is 0 Å². The molecule has 0 N–H and O–H groups in total. The van der Waals surface area contributed by atoms with Crippen molar-refractivity contribution in [1.29, 1.82) is 0 Å². The Morgan fingerprint density at radius 1 is 0.897 bits per heavy atom. The van der Waals surface area contributed by atoms with Crippen molar-refractivity contribution < 1.29 is 19.2 Å². The molecule has 0 fully saturated rings. The van der Waals surface area contributed by atoms with Gasteiger partial charge in [0.1, 0.15) is 11.5 Å². The van der Waals surface area contributed by atoms with Crippen LogP contribution in [0, 0.1) is 20.6 Å². The molecular formula is C21H13IN2O5. The number of hydrogen-bond donors (Lipinski definition) is 0.